The highest BCUT2D eigenvalue weighted by atomic mass is 16.2. The summed E-state index contributed by atoms with van der Waals surface area (Å²) in [7, 11) is 0. The van der Waals surface area contributed by atoms with E-state index in [2.05, 4.69) is 14.9 Å². The minimum Gasteiger partial charge on any atom is -0.336 e. The van der Waals surface area contributed by atoms with Crippen molar-refractivity contribution in [1.29, 1.82) is 0 Å². The summed E-state index contributed by atoms with van der Waals surface area (Å²) in [6, 6.07) is 10.3. The smallest absolute Gasteiger partial charge is 0.254 e. The molecule has 2 saturated heterocycles. The molecular weight excluding hydrogens is 288 g/mol. The molecule has 3 heterocycles. The van der Waals surface area contributed by atoms with Crippen molar-refractivity contribution in [3.8, 4) is 0 Å². The topological polar surface area (TPSA) is 49.3 Å². The van der Waals surface area contributed by atoms with Crippen molar-refractivity contribution in [1.82, 2.24) is 14.9 Å². The zero-order chi connectivity index (χ0) is 15.8. The maximum atomic E-state index is 12.8. The van der Waals surface area contributed by atoms with Crippen molar-refractivity contribution in [2.24, 2.45) is 0 Å². The third-order valence-corrected chi connectivity index (χ3v) is 4.94. The summed E-state index contributed by atoms with van der Waals surface area (Å²) in [6.07, 6.45) is 5.53. The van der Waals surface area contributed by atoms with Crippen molar-refractivity contribution in [2.75, 3.05) is 18.0 Å². The first kappa shape index (κ1) is 14.2. The Balaban J connectivity index is 1.54. The van der Waals surface area contributed by atoms with E-state index in [0.29, 0.717) is 6.04 Å². The van der Waals surface area contributed by atoms with E-state index in [4.69, 9.17) is 0 Å². The number of hydrogen-bond donors (Lipinski definition) is 0. The largest absolute Gasteiger partial charge is 0.336 e. The van der Waals surface area contributed by atoms with Crippen molar-refractivity contribution < 1.29 is 4.79 Å². The number of aryl methyl sites for hydroxylation is 1. The minimum atomic E-state index is 0.147. The Bertz CT molecular complexity index is 701. The van der Waals surface area contributed by atoms with Gasteiger partial charge in [0, 0.05) is 31.0 Å². The molecule has 2 aliphatic heterocycles. The number of carbonyl (C=O) groups excluding carboxylic acids is 1. The molecule has 2 aromatic rings. The Morgan fingerprint density at radius 1 is 1.04 bits per heavy atom. The Hall–Kier alpha value is -2.43. The van der Waals surface area contributed by atoms with E-state index in [1.807, 2.05) is 42.2 Å². The van der Waals surface area contributed by atoms with Crippen molar-refractivity contribution in [2.45, 2.75) is 31.8 Å². The summed E-state index contributed by atoms with van der Waals surface area (Å²) in [5, 5.41) is 0. The van der Waals surface area contributed by atoms with Crippen LogP contribution in [0.1, 0.15) is 28.8 Å². The molecule has 0 bridgehead atoms. The van der Waals surface area contributed by atoms with Gasteiger partial charge in [-0.25, -0.2) is 9.97 Å². The number of amides is 1. The summed E-state index contributed by atoms with van der Waals surface area (Å²) in [5.74, 6) is 0.929. The molecule has 0 aliphatic carbocycles. The third kappa shape index (κ3) is 2.46. The summed E-state index contributed by atoms with van der Waals surface area (Å²) >= 11 is 0. The van der Waals surface area contributed by atoms with Gasteiger partial charge < -0.3 is 9.80 Å². The molecule has 4 rings (SSSR count). The summed E-state index contributed by atoms with van der Waals surface area (Å²) in [5.41, 5.74) is 1.96. The highest BCUT2D eigenvalue weighted by Gasteiger charge is 2.45. The second kappa shape index (κ2) is 5.65. The van der Waals surface area contributed by atoms with Gasteiger partial charge in [0.25, 0.3) is 5.91 Å². The molecule has 2 aliphatic rings. The van der Waals surface area contributed by atoms with Crippen LogP contribution in [0.3, 0.4) is 0 Å². The normalized spacial score (nSPS) is 23.2. The Morgan fingerprint density at radius 2 is 1.74 bits per heavy atom. The zero-order valence-electron chi connectivity index (χ0n) is 13.2. The van der Waals surface area contributed by atoms with Crippen LogP contribution in [0.25, 0.3) is 0 Å². The van der Waals surface area contributed by atoms with Crippen LogP contribution in [0.5, 0.6) is 0 Å². The first-order chi connectivity index (χ1) is 11.2. The van der Waals surface area contributed by atoms with E-state index in [9.17, 15) is 4.79 Å². The summed E-state index contributed by atoms with van der Waals surface area (Å²) in [6.45, 7) is 3.76. The average molecular weight is 308 g/mol. The van der Waals surface area contributed by atoms with Gasteiger partial charge in [0.05, 0.1) is 12.1 Å². The highest BCUT2D eigenvalue weighted by Crippen LogP contribution is 2.34. The maximum absolute atomic E-state index is 12.8. The average Bonchev–Trinajstić information content (AvgIpc) is 3.17. The number of fused-ring (bicyclic) bond motifs is 1. The van der Waals surface area contributed by atoms with Gasteiger partial charge in [0.2, 0.25) is 5.95 Å². The molecule has 1 amide bonds. The maximum Gasteiger partial charge on any atom is 0.254 e. The molecular formula is C18H20N4O. The summed E-state index contributed by atoms with van der Waals surface area (Å²) in [4.78, 5) is 25.9. The molecule has 23 heavy (non-hydrogen) atoms. The lowest BCUT2D eigenvalue weighted by atomic mass is 10.1. The van der Waals surface area contributed by atoms with Gasteiger partial charge in [-0.15, -0.1) is 0 Å². The van der Waals surface area contributed by atoms with Crippen molar-refractivity contribution in [3.63, 3.8) is 0 Å². The van der Waals surface area contributed by atoms with E-state index >= 15 is 0 Å². The van der Waals surface area contributed by atoms with Gasteiger partial charge in [0.15, 0.2) is 0 Å². The first-order valence-corrected chi connectivity index (χ1v) is 8.15. The molecule has 5 nitrogen and oxygen atoms in total. The van der Waals surface area contributed by atoms with Gasteiger partial charge in [-0.05, 0) is 38.0 Å². The second-order valence-electron chi connectivity index (χ2n) is 6.32. The van der Waals surface area contributed by atoms with Crippen LogP contribution in [0, 0.1) is 6.92 Å². The third-order valence-electron chi connectivity index (χ3n) is 4.94. The molecule has 118 valence electrons. The highest BCUT2D eigenvalue weighted by molar-refractivity contribution is 5.94. The molecule has 1 aromatic heterocycles. The lowest BCUT2D eigenvalue weighted by Gasteiger charge is -2.25. The fraction of sp³-hybridized carbons (Fsp3) is 0.389. The monoisotopic (exact) mass is 308 g/mol. The fourth-order valence-electron chi connectivity index (χ4n) is 3.79. The number of anilines is 1. The van der Waals surface area contributed by atoms with Gasteiger partial charge in [-0.3, -0.25) is 4.79 Å². The quantitative estimate of drug-likeness (QED) is 0.854. The van der Waals surface area contributed by atoms with Crippen LogP contribution in [0.4, 0.5) is 5.95 Å². The van der Waals surface area contributed by atoms with Crippen molar-refractivity contribution in [3.05, 3.63) is 53.9 Å². The molecule has 0 saturated carbocycles. The van der Waals surface area contributed by atoms with E-state index < -0.39 is 0 Å². The molecule has 0 spiro atoms. The summed E-state index contributed by atoms with van der Waals surface area (Å²) < 4.78 is 0. The van der Waals surface area contributed by atoms with Crippen molar-refractivity contribution >= 4 is 11.9 Å². The number of hydrogen-bond acceptors (Lipinski definition) is 4. The van der Waals surface area contributed by atoms with Gasteiger partial charge in [0.1, 0.15) is 0 Å². The number of nitrogens with zero attached hydrogens (tertiary/aromatic N) is 4. The molecule has 2 atom stereocenters. The number of rotatable bonds is 2. The van der Waals surface area contributed by atoms with E-state index in [0.717, 1.165) is 37.4 Å². The van der Waals surface area contributed by atoms with Crippen LogP contribution >= 0.6 is 0 Å². The lowest BCUT2D eigenvalue weighted by Crippen LogP contribution is -2.40. The lowest BCUT2D eigenvalue weighted by molar-refractivity contribution is 0.0737. The van der Waals surface area contributed by atoms with E-state index in [1.165, 1.54) is 5.56 Å². The van der Waals surface area contributed by atoms with Crippen LogP contribution in [0.2, 0.25) is 0 Å². The fourth-order valence-corrected chi connectivity index (χ4v) is 3.79. The number of likely N-dealkylation sites (tertiary alicyclic amines) is 1. The molecule has 0 radical (unpaired) electrons. The standard InChI is InChI=1S/C18H20N4O/c1-13-3-5-14(6-4-13)17(23)21-11-7-16-15(21)8-12-22(16)18-19-9-2-10-20-18/h2-6,9-10,15-16H,7-8,11-12H2,1H3/t15-,16+/m1/s1. The number of benzene rings is 1. The number of carbonyl (C=O) groups is 1. The molecule has 2 fully saturated rings. The van der Waals surface area contributed by atoms with E-state index in [-0.39, 0.29) is 11.9 Å². The van der Waals surface area contributed by atoms with Crippen LogP contribution in [0.15, 0.2) is 42.7 Å². The molecule has 5 heteroatoms. The predicted octanol–water partition coefficient (Wildman–Crippen LogP) is 2.28. The minimum absolute atomic E-state index is 0.147. The Labute approximate surface area is 136 Å². The Morgan fingerprint density at radius 3 is 2.48 bits per heavy atom. The van der Waals surface area contributed by atoms with Gasteiger partial charge in [-0.1, -0.05) is 17.7 Å². The SMILES string of the molecule is Cc1ccc(C(=O)N2CC[C@H]3[C@H]2CCN3c2ncccn2)cc1. The number of aromatic nitrogens is 2. The van der Waals surface area contributed by atoms with Crippen LogP contribution in [-0.2, 0) is 0 Å². The van der Waals surface area contributed by atoms with Crippen LogP contribution < -0.4 is 4.90 Å². The van der Waals surface area contributed by atoms with Gasteiger partial charge in [-0.2, -0.15) is 0 Å². The molecule has 1 aromatic carbocycles. The zero-order valence-corrected chi connectivity index (χ0v) is 13.2. The van der Waals surface area contributed by atoms with Gasteiger partial charge >= 0.3 is 0 Å². The molecule has 0 N–H and O–H groups in total. The second-order valence-corrected chi connectivity index (χ2v) is 6.32. The molecule has 0 unspecified atom stereocenters. The predicted molar refractivity (Wildman–Crippen MR) is 88.4 cm³/mol. The first-order valence-electron chi connectivity index (χ1n) is 8.15. The van der Waals surface area contributed by atoms with Crippen LogP contribution in [-0.4, -0.2) is 45.9 Å². The Kier molecular flexibility index (Phi) is 3.48. The van der Waals surface area contributed by atoms with E-state index in [1.54, 1.807) is 12.4 Å².